The van der Waals surface area contributed by atoms with Crippen molar-refractivity contribution in [3.05, 3.63) is 11.9 Å². The monoisotopic (exact) mass is 294 g/mol. The third-order valence-corrected chi connectivity index (χ3v) is 4.19. The van der Waals surface area contributed by atoms with Crippen LogP contribution in [0.15, 0.2) is 6.20 Å². The van der Waals surface area contributed by atoms with Crippen LogP contribution >= 0.6 is 0 Å². The number of methoxy groups -OCH3 is 1. The van der Waals surface area contributed by atoms with E-state index in [-0.39, 0.29) is 5.41 Å². The summed E-state index contributed by atoms with van der Waals surface area (Å²) in [5.74, 6) is 0.908. The molecule has 0 aliphatic heterocycles. The minimum absolute atomic E-state index is 0.0516. The minimum Gasteiger partial charge on any atom is -0.493 e. The molecule has 0 unspecified atom stereocenters. The predicted octanol–water partition coefficient (Wildman–Crippen LogP) is 1.87. The molecule has 1 aliphatic carbocycles. The normalized spacial score (nSPS) is 15.7. The summed E-state index contributed by atoms with van der Waals surface area (Å²) in [5, 5.41) is 8.13. The molecule has 5 heteroatoms. The summed E-state index contributed by atoms with van der Waals surface area (Å²) in [6.45, 7) is 7.50. The first-order chi connectivity index (χ1) is 9.94. The van der Waals surface area contributed by atoms with Crippen LogP contribution in [-0.4, -0.2) is 55.0 Å². The molecular formula is C16H30N4O. The molecule has 1 fully saturated rings. The SMILES string of the molecule is COc1cnn(CCN(C)C)c1C(C)(C)CCNC1CC1. The van der Waals surface area contributed by atoms with Gasteiger partial charge in [-0.05, 0) is 39.9 Å². The van der Waals surface area contributed by atoms with Crippen molar-refractivity contribution in [3.63, 3.8) is 0 Å². The number of likely N-dealkylation sites (N-methyl/N-ethyl adjacent to an activating group) is 1. The van der Waals surface area contributed by atoms with E-state index in [0.717, 1.165) is 37.8 Å². The van der Waals surface area contributed by atoms with Crippen molar-refractivity contribution in [3.8, 4) is 5.75 Å². The van der Waals surface area contributed by atoms with Crippen molar-refractivity contribution in [2.24, 2.45) is 0 Å². The number of aromatic nitrogens is 2. The Hall–Kier alpha value is -1.07. The summed E-state index contributed by atoms with van der Waals surface area (Å²) in [6.07, 6.45) is 5.61. The highest BCUT2D eigenvalue weighted by Gasteiger charge is 2.30. The van der Waals surface area contributed by atoms with Crippen molar-refractivity contribution < 1.29 is 4.74 Å². The van der Waals surface area contributed by atoms with Crippen LogP contribution in [0.25, 0.3) is 0 Å². The van der Waals surface area contributed by atoms with Gasteiger partial charge >= 0.3 is 0 Å². The van der Waals surface area contributed by atoms with Crippen LogP contribution in [0.2, 0.25) is 0 Å². The van der Waals surface area contributed by atoms with Gasteiger partial charge in [-0.15, -0.1) is 0 Å². The summed E-state index contributed by atoms with van der Waals surface area (Å²) in [4.78, 5) is 2.18. The van der Waals surface area contributed by atoms with Crippen LogP contribution < -0.4 is 10.1 Å². The fraction of sp³-hybridized carbons (Fsp3) is 0.812. The van der Waals surface area contributed by atoms with E-state index in [1.807, 2.05) is 6.20 Å². The zero-order chi connectivity index (χ0) is 15.5. The first kappa shape index (κ1) is 16.3. The highest BCUT2D eigenvalue weighted by atomic mass is 16.5. The van der Waals surface area contributed by atoms with Gasteiger partial charge in [0, 0.05) is 18.0 Å². The fourth-order valence-electron chi connectivity index (χ4n) is 2.66. The van der Waals surface area contributed by atoms with E-state index < -0.39 is 0 Å². The van der Waals surface area contributed by atoms with Gasteiger partial charge in [-0.2, -0.15) is 5.10 Å². The molecule has 2 rings (SSSR count). The smallest absolute Gasteiger partial charge is 0.160 e. The maximum Gasteiger partial charge on any atom is 0.160 e. The Bertz CT molecular complexity index is 449. The molecule has 0 bridgehead atoms. The van der Waals surface area contributed by atoms with Gasteiger partial charge in [0.15, 0.2) is 5.75 Å². The van der Waals surface area contributed by atoms with Gasteiger partial charge in [0.05, 0.1) is 25.5 Å². The molecular weight excluding hydrogens is 264 g/mol. The highest BCUT2D eigenvalue weighted by molar-refractivity contribution is 5.32. The van der Waals surface area contributed by atoms with Crippen molar-refractivity contribution >= 4 is 0 Å². The molecule has 0 spiro atoms. The Morgan fingerprint density at radius 3 is 2.71 bits per heavy atom. The standard InChI is InChI=1S/C16H30N4O/c1-16(2,8-9-17-13-6-7-13)15-14(21-5)12-18-20(15)11-10-19(3)4/h12-13,17H,6-11H2,1-5H3. The number of hydrogen-bond acceptors (Lipinski definition) is 4. The molecule has 1 aromatic heterocycles. The zero-order valence-electron chi connectivity index (χ0n) is 14.1. The van der Waals surface area contributed by atoms with Crippen molar-refractivity contribution in [1.82, 2.24) is 20.0 Å². The van der Waals surface area contributed by atoms with Crippen LogP contribution in [0.3, 0.4) is 0 Å². The molecule has 5 nitrogen and oxygen atoms in total. The first-order valence-electron chi connectivity index (χ1n) is 7.92. The van der Waals surface area contributed by atoms with Crippen molar-refractivity contribution in [2.75, 3.05) is 34.3 Å². The van der Waals surface area contributed by atoms with Crippen LogP contribution in [0.5, 0.6) is 5.75 Å². The second kappa shape index (κ2) is 6.79. The molecule has 0 saturated heterocycles. The predicted molar refractivity (Wildman–Crippen MR) is 86.0 cm³/mol. The highest BCUT2D eigenvalue weighted by Crippen LogP contribution is 2.34. The third kappa shape index (κ3) is 4.45. The fourth-order valence-corrected chi connectivity index (χ4v) is 2.66. The van der Waals surface area contributed by atoms with Crippen molar-refractivity contribution in [1.29, 1.82) is 0 Å². The maximum absolute atomic E-state index is 5.54. The number of ether oxygens (including phenoxy) is 1. The molecule has 0 aromatic carbocycles. The van der Waals surface area contributed by atoms with Gasteiger partial charge in [0.2, 0.25) is 0 Å². The maximum atomic E-state index is 5.54. The van der Waals surface area contributed by atoms with Gasteiger partial charge in [-0.25, -0.2) is 0 Å². The van der Waals surface area contributed by atoms with E-state index in [0.29, 0.717) is 0 Å². The van der Waals surface area contributed by atoms with E-state index in [1.165, 1.54) is 18.5 Å². The lowest BCUT2D eigenvalue weighted by atomic mass is 9.85. The Balaban J connectivity index is 2.07. The molecule has 1 heterocycles. The summed E-state index contributed by atoms with van der Waals surface area (Å²) >= 11 is 0. The molecule has 1 aromatic rings. The van der Waals surface area contributed by atoms with Gasteiger partial charge < -0.3 is 15.0 Å². The molecule has 1 saturated carbocycles. The molecule has 0 amide bonds. The van der Waals surface area contributed by atoms with E-state index >= 15 is 0 Å². The van der Waals surface area contributed by atoms with Gasteiger partial charge in [-0.3, -0.25) is 4.68 Å². The zero-order valence-corrected chi connectivity index (χ0v) is 14.1. The molecule has 0 atom stereocenters. The summed E-state index contributed by atoms with van der Waals surface area (Å²) in [6, 6.07) is 0.765. The third-order valence-electron chi connectivity index (χ3n) is 4.19. The average Bonchev–Trinajstić information content (AvgIpc) is 3.13. The lowest BCUT2D eigenvalue weighted by Crippen LogP contribution is -2.30. The molecule has 120 valence electrons. The lowest BCUT2D eigenvalue weighted by molar-refractivity contribution is 0.337. The largest absolute Gasteiger partial charge is 0.493 e. The average molecular weight is 294 g/mol. The van der Waals surface area contributed by atoms with E-state index in [9.17, 15) is 0 Å². The van der Waals surface area contributed by atoms with Crippen molar-refractivity contribution in [2.45, 2.75) is 51.1 Å². The Morgan fingerprint density at radius 1 is 1.43 bits per heavy atom. The second-order valence-corrected chi connectivity index (χ2v) is 6.95. The number of nitrogens with zero attached hydrogens (tertiary/aromatic N) is 3. The topological polar surface area (TPSA) is 42.3 Å². The Morgan fingerprint density at radius 2 is 2.14 bits per heavy atom. The van der Waals surface area contributed by atoms with Crippen LogP contribution in [-0.2, 0) is 12.0 Å². The van der Waals surface area contributed by atoms with Crippen LogP contribution in [0.1, 0.15) is 38.8 Å². The Kier molecular flexibility index (Phi) is 5.27. The van der Waals surface area contributed by atoms with Crippen LogP contribution in [0, 0.1) is 0 Å². The molecule has 21 heavy (non-hydrogen) atoms. The van der Waals surface area contributed by atoms with Gasteiger partial charge in [0.1, 0.15) is 0 Å². The first-order valence-corrected chi connectivity index (χ1v) is 7.92. The van der Waals surface area contributed by atoms with Gasteiger partial charge in [-0.1, -0.05) is 13.8 Å². The lowest BCUT2D eigenvalue weighted by Gasteiger charge is -2.27. The van der Waals surface area contributed by atoms with Crippen LogP contribution in [0.4, 0.5) is 0 Å². The summed E-state index contributed by atoms with van der Waals surface area (Å²) in [7, 11) is 5.91. The quantitative estimate of drug-likeness (QED) is 0.755. The Labute approximate surface area is 128 Å². The minimum atomic E-state index is 0.0516. The summed E-state index contributed by atoms with van der Waals surface area (Å²) in [5.41, 5.74) is 1.26. The van der Waals surface area contributed by atoms with E-state index in [2.05, 4.69) is 47.9 Å². The number of hydrogen-bond donors (Lipinski definition) is 1. The second-order valence-electron chi connectivity index (χ2n) is 6.95. The number of rotatable bonds is 9. The van der Waals surface area contributed by atoms with E-state index in [4.69, 9.17) is 4.74 Å². The summed E-state index contributed by atoms with van der Waals surface area (Å²) < 4.78 is 7.65. The number of nitrogens with one attached hydrogen (secondary N) is 1. The van der Waals surface area contributed by atoms with E-state index in [1.54, 1.807) is 7.11 Å². The molecule has 0 radical (unpaired) electrons. The molecule has 1 aliphatic rings. The van der Waals surface area contributed by atoms with Gasteiger partial charge in [0.25, 0.3) is 0 Å². The molecule has 1 N–H and O–H groups in total.